The number of aliphatic hydroxyl groups is 1. The number of aliphatic hydroxyl groups excluding tert-OH is 1. The van der Waals surface area contributed by atoms with Crippen molar-refractivity contribution < 1.29 is 41.7 Å². The molecule has 4 rings (SSSR count). The van der Waals surface area contributed by atoms with Gasteiger partial charge in [-0.15, -0.1) is 13.2 Å². The van der Waals surface area contributed by atoms with Crippen molar-refractivity contribution in [3.8, 4) is 17.2 Å². The van der Waals surface area contributed by atoms with E-state index in [9.17, 15) is 18.0 Å². The van der Waals surface area contributed by atoms with Crippen LogP contribution in [0.3, 0.4) is 0 Å². The predicted octanol–water partition coefficient (Wildman–Crippen LogP) is 5.48. The van der Waals surface area contributed by atoms with Crippen LogP contribution in [0.15, 0.2) is 54.6 Å². The molecule has 1 aliphatic rings. The van der Waals surface area contributed by atoms with E-state index in [0.717, 1.165) is 12.1 Å². The number of hydrogen-bond donors (Lipinski definition) is 1. The number of ether oxygens (including phenoxy) is 3. The maximum atomic E-state index is 15.2. The highest BCUT2D eigenvalue weighted by Crippen LogP contribution is 2.39. The fourth-order valence-corrected chi connectivity index (χ4v) is 4.42. The molecule has 3 aromatic carbocycles. The molecule has 1 atom stereocenters. The molecular formula is C26H22ClF4NO5. The summed E-state index contributed by atoms with van der Waals surface area (Å²) in [5, 5.41) is 9.26. The summed E-state index contributed by atoms with van der Waals surface area (Å²) >= 11 is 5.94. The molecule has 37 heavy (non-hydrogen) atoms. The maximum Gasteiger partial charge on any atom is 0.573 e. The highest BCUT2D eigenvalue weighted by atomic mass is 35.5. The van der Waals surface area contributed by atoms with E-state index in [2.05, 4.69) is 4.74 Å². The standard InChI is InChI=1S/C26H22ClF4NO5/c1-35-19-10-16(11-20(13-19)36-9-8-33)24(21-5-3-17(27)12-22(21)28)25(34)32-7-6-15-2-4-18(14-23(15)32)37-26(29,30)31/h2-5,10-14,24,33H,6-9H2,1H3. The number of halogens is 5. The number of hydrogen-bond acceptors (Lipinski definition) is 5. The van der Waals surface area contributed by atoms with Crippen LogP contribution in [0, 0.1) is 5.82 Å². The fourth-order valence-electron chi connectivity index (χ4n) is 4.26. The van der Waals surface area contributed by atoms with E-state index in [1.807, 2.05) is 0 Å². The van der Waals surface area contributed by atoms with Gasteiger partial charge in [-0.3, -0.25) is 4.79 Å². The van der Waals surface area contributed by atoms with Crippen molar-refractivity contribution in [1.82, 2.24) is 0 Å². The summed E-state index contributed by atoms with van der Waals surface area (Å²) < 4.78 is 68.4. The molecule has 3 aromatic rings. The van der Waals surface area contributed by atoms with E-state index in [1.54, 1.807) is 12.1 Å². The zero-order chi connectivity index (χ0) is 26.7. The quantitative estimate of drug-likeness (QED) is 0.384. The molecule has 1 unspecified atom stereocenters. The third-order valence-corrected chi connectivity index (χ3v) is 6.04. The third kappa shape index (κ3) is 6.08. The van der Waals surface area contributed by atoms with Crippen LogP contribution in [-0.4, -0.2) is 44.2 Å². The van der Waals surface area contributed by atoms with Crippen LogP contribution in [0.2, 0.25) is 5.02 Å². The second-order valence-electron chi connectivity index (χ2n) is 8.19. The van der Waals surface area contributed by atoms with Crippen molar-refractivity contribution in [1.29, 1.82) is 0 Å². The SMILES string of the molecule is COc1cc(OCCO)cc(C(C(=O)N2CCc3ccc(OC(F)(F)F)cc32)c2ccc(Cl)cc2F)c1. The van der Waals surface area contributed by atoms with Crippen LogP contribution in [0.4, 0.5) is 23.2 Å². The molecule has 11 heteroatoms. The number of fused-ring (bicyclic) bond motifs is 1. The fraction of sp³-hybridized carbons (Fsp3) is 0.269. The van der Waals surface area contributed by atoms with Gasteiger partial charge in [0.15, 0.2) is 0 Å². The largest absolute Gasteiger partial charge is 0.573 e. The lowest BCUT2D eigenvalue weighted by Crippen LogP contribution is -2.34. The molecule has 0 saturated carbocycles. The number of carbonyl (C=O) groups excluding carboxylic acids is 1. The lowest BCUT2D eigenvalue weighted by Gasteiger charge is -2.26. The van der Waals surface area contributed by atoms with E-state index in [1.165, 1.54) is 42.3 Å². The van der Waals surface area contributed by atoms with E-state index >= 15 is 4.39 Å². The Kier molecular flexibility index (Phi) is 7.79. The molecule has 1 heterocycles. The summed E-state index contributed by atoms with van der Waals surface area (Å²) in [6.07, 6.45) is -4.51. The smallest absolute Gasteiger partial charge is 0.497 e. The monoisotopic (exact) mass is 539 g/mol. The van der Waals surface area contributed by atoms with Gasteiger partial charge in [0.25, 0.3) is 0 Å². The summed E-state index contributed by atoms with van der Waals surface area (Å²) in [4.78, 5) is 15.3. The Morgan fingerprint density at radius 2 is 1.84 bits per heavy atom. The average molecular weight is 540 g/mol. The number of methoxy groups -OCH3 is 1. The van der Waals surface area contributed by atoms with Gasteiger partial charge in [-0.2, -0.15) is 0 Å². The molecule has 0 radical (unpaired) electrons. The highest BCUT2D eigenvalue weighted by molar-refractivity contribution is 6.30. The molecule has 0 spiro atoms. The topological polar surface area (TPSA) is 68.2 Å². The predicted molar refractivity (Wildman–Crippen MR) is 128 cm³/mol. The van der Waals surface area contributed by atoms with Crippen LogP contribution >= 0.6 is 11.6 Å². The Hall–Kier alpha value is -3.50. The van der Waals surface area contributed by atoms with Gasteiger partial charge in [-0.25, -0.2) is 4.39 Å². The van der Waals surface area contributed by atoms with Crippen molar-refractivity contribution in [3.05, 3.63) is 82.1 Å². The number of benzene rings is 3. The molecule has 0 saturated heterocycles. The Labute approximate surface area is 214 Å². The van der Waals surface area contributed by atoms with E-state index < -0.39 is 29.8 Å². The summed E-state index contributed by atoms with van der Waals surface area (Å²) in [7, 11) is 1.41. The minimum atomic E-state index is -4.90. The highest BCUT2D eigenvalue weighted by Gasteiger charge is 2.36. The van der Waals surface area contributed by atoms with Gasteiger partial charge in [-0.1, -0.05) is 23.7 Å². The Bertz CT molecular complexity index is 1300. The molecule has 1 N–H and O–H groups in total. The summed E-state index contributed by atoms with van der Waals surface area (Å²) in [5.41, 5.74) is 1.21. The number of nitrogens with zero attached hydrogens (tertiary/aromatic N) is 1. The first-order valence-electron chi connectivity index (χ1n) is 11.2. The van der Waals surface area contributed by atoms with Crippen LogP contribution in [0.5, 0.6) is 17.2 Å². The molecule has 0 bridgehead atoms. The van der Waals surface area contributed by atoms with Crippen LogP contribution in [-0.2, 0) is 11.2 Å². The first kappa shape index (κ1) is 26.6. The Morgan fingerprint density at radius 3 is 2.51 bits per heavy atom. The van der Waals surface area contributed by atoms with Gasteiger partial charge in [0.05, 0.1) is 25.3 Å². The van der Waals surface area contributed by atoms with Gasteiger partial charge >= 0.3 is 6.36 Å². The van der Waals surface area contributed by atoms with Crippen LogP contribution in [0.1, 0.15) is 22.6 Å². The summed E-state index contributed by atoms with van der Waals surface area (Å²) in [5.74, 6) is -2.41. The molecule has 1 amide bonds. The first-order valence-corrected chi connectivity index (χ1v) is 11.5. The molecule has 1 aliphatic heterocycles. The molecule has 0 fully saturated rings. The van der Waals surface area contributed by atoms with Gasteiger partial charge in [0.2, 0.25) is 5.91 Å². The molecule has 6 nitrogen and oxygen atoms in total. The zero-order valence-electron chi connectivity index (χ0n) is 19.5. The van der Waals surface area contributed by atoms with Gasteiger partial charge < -0.3 is 24.2 Å². The number of anilines is 1. The minimum absolute atomic E-state index is 0.00640. The minimum Gasteiger partial charge on any atom is -0.497 e. The first-order chi connectivity index (χ1) is 17.6. The van der Waals surface area contributed by atoms with Crippen molar-refractivity contribution in [3.63, 3.8) is 0 Å². The second-order valence-corrected chi connectivity index (χ2v) is 8.63. The van der Waals surface area contributed by atoms with Crippen molar-refractivity contribution >= 4 is 23.2 Å². The number of amides is 1. The van der Waals surface area contributed by atoms with Crippen molar-refractivity contribution in [2.75, 3.05) is 31.8 Å². The Balaban J connectivity index is 1.81. The molecule has 0 aromatic heterocycles. The zero-order valence-corrected chi connectivity index (χ0v) is 20.3. The summed E-state index contributed by atoms with van der Waals surface area (Å²) in [6.45, 7) is -0.108. The number of carbonyl (C=O) groups is 1. The second kappa shape index (κ2) is 10.9. The Morgan fingerprint density at radius 1 is 1.08 bits per heavy atom. The lowest BCUT2D eigenvalue weighted by molar-refractivity contribution is -0.274. The third-order valence-electron chi connectivity index (χ3n) is 5.80. The molecule has 196 valence electrons. The van der Waals surface area contributed by atoms with E-state index in [4.69, 9.17) is 26.2 Å². The molecular weight excluding hydrogens is 518 g/mol. The number of rotatable bonds is 8. The lowest BCUT2D eigenvalue weighted by atomic mass is 9.89. The van der Waals surface area contributed by atoms with Crippen molar-refractivity contribution in [2.45, 2.75) is 18.7 Å². The van der Waals surface area contributed by atoms with Crippen LogP contribution in [0.25, 0.3) is 0 Å². The van der Waals surface area contributed by atoms with Gasteiger partial charge in [0.1, 0.15) is 29.7 Å². The van der Waals surface area contributed by atoms with Crippen LogP contribution < -0.4 is 19.1 Å². The maximum absolute atomic E-state index is 15.2. The number of alkyl halides is 3. The van der Waals surface area contributed by atoms with Crippen molar-refractivity contribution in [2.24, 2.45) is 0 Å². The van der Waals surface area contributed by atoms with Gasteiger partial charge in [-0.05, 0) is 47.9 Å². The summed E-state index contributed by atoms with van der Waals surface area (Å²) in [6, 6.07) is 12.3. The molecule has 0 aliphatic carbocycles. The van der Waals surface area contributed by atoms with E-state index in [-0.39, 0.29) is 41.8 Å². The van der Waals surface area contributed by atoms with Gasteiger partial charge in [0, 0.05) is 29.3 Å². The average Bonchev–Trinajstić information content (AvgIpc) is 3.26. The van der Waals surface area contributed by atoms with E-state index in [0.29, 0.717) is 23.3 Å². The normalized spacial score (nSPS) is 13.8.